The second kappa shape index (κ2) is 9.88. The van der Waals surface area contributed by atoms with E-state index in [0.717, 1.165) is 16.0 Å². The molecule has 34 heavy (non-hydrogen) atoms. The van der Waals surface area contributed by atoms with Crippen molar-refractivity contribution in [1.29, 1.82) is 0 Å². The Labute approximate surface area is 208 Å². The highest BCUT2D eigenvalue weighted by molar-refractivity contribution is 8.27. The van der Waals surface area contributed by atoms with Crippen LogP contribution in [0.4, 0.5) is 0 Å². The molecule has 0 saturated heterocycles. The van der Waals surface area contributed by atoms with E-state index >= 15 is 0 Å². The first-order chi connectivity index (χ1) is 16.7. The molecule has 2 nitrogen and oxygen atoms in total. The van der Waals surface area contributed by atoms with Gasteiger partial charge in [-0.15, -0.1) is 11.8 Å². The summed E-state index contributed by atoms with van der Waals surface area (Å²) in [5.74, 6) is 0.0483. The Morgan fingerprint density at radius 2 is 1.09 bits per heavy atom. The fraction of sp³-hybridized carbons (Fsp3) is 0.0667. The van der Waals surface area contributed by atoms with Gasteiger partial charge in [0.15, 0.2) is 5.78 Å². The average Bonchev–Trinajstić information content (AvgIpc) is 3.31. The van der Waals surface area contributed by atoms with Crippen molar-refractivity contribution in [3.8, 4) is 0 Å². The first-order valence-electron chi connectivity index (χ1n) is 11.1. The van der Waals surface area contributed by atoms with Crippen LogP contribution in [0.2, 0.25) is 0 Å². The highest BCUT2D eigenvalue weighted by atomic mass is 32.2. The maximum Gasteiger partial charge on any atom is 0.200 e. The summed E-state index contributed by atoms with van der Waals surface area (Å²) in [5.41, 5.74) is 3.35. The fourth-order valence-electron chi connectivity index (χ4n) is 4.01. The number of carbonyl (C=O) groups is 2. The van der Waals surface area contributed by atoms with Crippen LogP contribution >= 0.6 is 23.5 Å². The van der Waals surface area contributed by atoms with Gasteiger partial charge in [-0.1, -0.05) is 133 Å². The number of carbonyl (C=O) groups excluding carboxylic acids is 2. The number of rotatable bonds is 7. The van der Waals surface area contributed by atoms with Gasteiger partial charge in [0, 0.05) is 22.5 Å². The van der Waals surface area contributed by atoms with Crippen LogP contribution in [0.15, 0.2) is 126 Å². The van der Waals surface area contributed by atoms with Crippen LogP contribution < -0.4 is 0 Å². The Bertz CT molecular complexity index is 1330. The van der Waals surface area contributed by atoms with Crippen molar-refractivity contribution in [2.75, 3.05) is 0 Å². The van der Waals surface area contributed by atoms with Crippen LogP contribution in [0.1, 0.15) is 38.3 Å². The van der Waals surface area contributed by atoms with Crippen molar-refractivity contribution in [2.45, 2.75) is 10.5 Å². The normalized spacial score (nSPS) is 17.5. The van der Waals surface area contributed by atoms with E-state index in [9.17, 15) is 9.59 Å². The molecule has 4 heteroatoms. The summed E-state index contributed by atoms with van der Waals surface area (Å²) in [6.45, 7) is 0. The molecule has 4 aromatic carbocycles. The lowest BCUT2D eigenvalue weighted by Gasteiger charge is -2.28. The Balaban J connectivity index is 1.61. The molecule has 0 aliphatic carbocycles. The Morgan fingerprint density at radius 1 is 0.588 bits per heavy atom. The standard InChI is InChI=1S/C30H22O2S2/c31-26(22-13-5-1-6-14-22)21-30(25-19-11-4-12-20-25)33-28(24-17-9-3-10-18-24)29(34-30)27(32)23-15-7-2-8-16-23/h1-20H,21H2. The number of benzene rings is 4. The third-order valence-corrected chi connectivity index (χ3v) is 9.01. The summed E-state index contributed by atoms with van der Waals surface area (Å²) in [4.78, 5) is 28.8. The molecule has 4 aromatic rings. The van der Waals surface area contributed by atoms with Gasteiger partial charge in [0.2, 0.25) is 5.78 Å². The minimum Gasteiger partial charge on any atom is -0.294 e. The molecule has 0 bridgehead atoms. The number of ketones is 2. The van der Waals surface area contributed by atoms with E-state index in [-0.39, 0.29) is 18.0 Å². The van der Waals surface area contributed by atoms with E-state index in [1.54, 1.807) is 11.8 Å². The number of hydrogen-bond acceptors (Lipinski definition) is 4. The number of Topliss-reactive ketones (excluding diaryl/α,β-unsaturated/α-hetero) is 2. The molecule has 0 N–H and O–H groups in total. The molecule has 1 atom stereocenters. The predicted molar refractivity (Wildman–Crippen MR) is 143 cm³/mol. The number of thioether (sulfide) groups is 2. The van der Waals surface area contributed by atoms with Gasteiger partial charge in [0.1, 0.15) is 4.08 Å². The van der Waals surface area contributed by atoms with Crippen molar-refractivity contribution in [3.05, 3.63) is 148 Å². The molecule has 0 radical (unpaired) electrons. The maximum atomic E-state index is 13.7. The van der Waals surface area contributed by atoms with Crippen LogP contribution in [0.5, 0.6) is 0 Å². The molecule has 1 unspecified atom stereocenters. The number of hydrogen-bond donors (Lipinski definition) is 0. The summed E-state index contributed by atoms with van der Waals surface area (Å²) in [5, 5.41) is 0. The van der Waals surface area contributed by atoms with Crippen molar-refractivity contribution >= 4 is 40.0 Å². The van der Waals surface area contributed by atoms with E-state index in [2.05, 4.69) is 12.1 Å². The molecular formula is C30H22O2S2. The van der Waals surface area contributed by atoms with Gasteiger partial charge in [-0.2, -0.15) is 0 Å². The molecule has 0 saturated carbocycles. The Morgan fingerprint density at radius 3 is 1.68 bits per heavy atom. The molecule has 1 heterocycles. The van der Waals surface area contributed by atoms with E-state index in [1.165, 1.54) is 11.8 Å². The number of allylic oxidation sites excluding steroid dienone is 1. The smallest absolute Gasteiger partial charge is 0.200 e. The van der Waals surface area contributed by atoms with Gasteiger partial charge in [-0.05, 0) is 11.1 Å². The van der Waals surface area contributed by atoms with Gasteiger partial charge in [0.25, 0.3) is 0 Å². The summed E-state index contributed by atoms with van der Waals surface area (Å²) < 4.78 is -0.640. The topological polar surface area (TPSA) is 34.1 Å². The average molecular weight is 479 g/mol. The SMILES string of the molecule is O=C(CC1(c2ccccc2)SC(C(=O)c2ccccc2)=C(c2ccccc2)S1)c1ccccc1. The van der Waals surface area contributed by atoms with Crippen molar-refractivity contribution in [1.82, 2.24) is 0 Å². The van der Waals surface area contributed by atoms with Crippen LogP contribution in [0.25, 0.3) is 4.91 Å². The zero-order valence-corrected chi connectivity index (χ0v) is 20.0. The summed E-state index contributed by atoms with van der Waals surface area (Å²) in [6, 6.07) is 38.8. The van der Waals surface area contributed by atoms with Crippen LogP contribution in [-0.2, 0) is 4.08 Å². The first kappa shape index (κ1) is 22.5. The lowest BCUT2D eigenvalue weighted by molar-refractivity contribution is 0.0977. The van der Waals surface area contributed by atoms with E-state index < -0.39 is 4.08 Å². The lowest BCUT2D eigenvalue weighted by atomic mass is 10.0. The van der Waals surface area contributed by atoms with Gasteiger partial charge in [-0.25, -0.2) is 0 Å². The molecule has 5 rings (SSSR count). The van der Waals surface area contributed by atoms with Crippen LogP contribution in [-0.4, -0.2) is 11.6 Å². The zero-order chi connectivity index (χ0) is 23.4. The van der Waals surface area contributed by atoms with E-state index in [0.29, 0.717) is 16.0 Å². The zero-order valence-electron chi connectivity index (χ0n) is 18.4. The molecule has 0 aromatic heterocycles. The van der Waals surface area contributed by atoms with Gasteiger partial charge in [0.05, 0.1) is 4.91 Å². The molecule has 166 valence electrons. The molecule has 0 spiro atoms. The van der Waals surface area contributed by atoms with Crippen molar-refractivity contribution in [2.24, 2.45) is 0 Å². The monoisotopic (exact) mass is 478 g/mol. The van der Waals surface area contributed by atoms with Gasteiger partial charge in [-0.3, -0.25) is 9.59 Å². The third-order valence-electron chi connectivity index (χ3n) is 5.72. The minimum absolute atomic E-state index is 0.0121. The molecule has 0 amide bonds. The molecular weight excluding hydrogens is 456 g/mol. The lowest BCUT2D eigenvalue weighted by Crippen LogP contribution is -2.21. The third kappa shape index (κ3) is 4.52. The second-order valence-corrected chi connectivity index (χ2v) is 10.9. The van der Waals surface area contributed by atoms with Crippen molar-refractivity contribution in [3.63, 3.8) is 0 Å². The molecule has 0 fully saturated rings. The molecule has 1 aliphatic heterocycles. The highest BCUT2D eigenvalue weighted by Gasteiger charge is 2.46. The van der Waals surface area contributed by atoms with Gasteiger partial charge < -0.3 is 0 Å². The van der Waals surface area contributed by atoms with Gasteiger partial charge >= 0.3 is 0 Å². The Kier molecular flexibility index (Phi) is 6.52. The Hall–Kier alpha value is -3.34. The fourth-order valence-corrected chi connectivity index (χ4v) is 7.37. The second-order valence-electron chi connectivity index (χ2n) is 8.01. The minimum atomic E-state index is -0.640. The van der Waals surface area contributed by atoms with Crippen LogP contribution in [0, 0.1) is 0 Å². The van der Waals surface area contributed by atoms with Crippen LogP contribution in [0.3, 0.4) is 0 Å². The van der Waals surface area contributed by atoms with E-state index in [4.69, 9.17) is 0 Å². The maximum absolute atomic E-state index is 13.7. The van der Waals surface area contributed by atoms with Crippen molar-refractivity contribution < 1.29 is 9.59 Å². The predicted octanol–water partition coefficient (Wildman–Crippen LogP) is 7.84. The first-order valence-corrected chi connectivity index (χ1v) is 12.7. The molecule has 1 aliphatic rings. The van der Waals surface area contributed by atoms with E-state index in [1.807, 2.05) is 109 Å². The summed E-state index contributed by atoms with van der Waals surface area (Å²) in [7, 11) is 0. The summed E-state index contributed by atoms with van der Waals surface area (Å²) >= 11 is 3.13. The summed E-state index contributed by atoms with van der Waals surface area (Å²) in [6.07, 6.45) is 0.276. The largest absolute Gasteiger partial charge is 0.294 e. The quantitative estimate of drug-likeness (QED) is 0.253. The highest BCUT2D eigenvalue weighted by Crippen LogP contribution is 2.65.